The van der Waals surface area contributed by atoms with Gasteiger partial charge in [0.05, 0.1) is 10.8 Å². The van der Waals surface area contributed by atoms with E-state index >= 15 is 0 Å². The van der Waals surface area contributed by atoms with E-state index in [-0.39, 0.29) is 10.8 Å². The van der Waals surface area contributed by atoms with Crippen LogP contribution >= 0.6 is 22.7 Å². The van der Waals surface area contributed by atoms with E-state index in [9.17, 15) is 0 Å². The van der Waals surface area contributed by atoms with Crippen molar-refractivity contribution < 1.29 is 0 Å². The smallest absolute Gasteiger partial charge is 0.0561 e. The molecule has 0 saturated carbocycles. The Kier molecular flexibility index (Phi) is 8.28. The predicted molar refractivity (Wildman–Crippen MR) is 227 cm³/mol. The minimum Gasteiger partial charge on any atom is -0.0561 e. The Bertz CT molecular complexity index is 2330. The van der Waals surface area contributed by atoms with Crippen molar-refractivity contribution in [3.8, 4) is 22.3 Å². The number of hydrogen-bond acceptors (Lipinski definition) is 0. The summed E-state index contributed by atoms with van der Waals surface area (Å²) in [5.41, 5.74) is 19.4. The molecule has 0 aliphatic rings. The number of fused-ring (bicyclic) bond motifs is 4. The average molecular weight is 693 g/mol. The highest BCUT2D eigenvalue weighted by Crippen LogP contribution is 2.49. The third kappa shape index (κ3) is 5.55. The Labute approximate surface area is 307 Å². The minimum atomic E-state index is 0.0601. The molecule has 0 unspecified atom stereocenters. The van der Waals surface area contributed by atoms with E-state index < -0.39 is 0 Å². The van der Waals surface area contributed by atoms with Crippen LogP contribution in [0.5, 0.6) is 0 Å². The Morgan fingerprint density at radius 3 is 0.940 bits per heavy atom. The molecule has 2 heterocycles. The van der Waals surface area contributed by atoms with Crippen molar-refractivity contribution >= 4 is 63.0 Å². The van der Waals surface area contributed by atoms with Crippen LogP contribution < -0.4 is 0 Å². The maximum atomic E-state index is 2.55. The molecule has 0 aliphatic carbocycles. The second-order valence-corrected chi connectivity index (χ2v) is 19.2. The summed E-state index contributed by atoms with van der Waals surface area (Å²) in [7, 11) is 0. The molecule has 0 amide bonds. The number of rotatable bonds is 2. The van der Waals surface area contributed by atoms with E-state index in [0.29, 0.717) is 0 Å². The Balaban J connectivity index is 1.74. The third-order valence-electron chi connectivity index (χ3n) is 11.5. The van der Waals surface area contributed by atoms with E-state index in [0.717, 1.165) is 0 Å². The average Bonchev–Trinajstić information content (AvgIpc) is 3.04. The molecular weight excluding hydrogens is 641 g/mol. The van der Waals surface area contributed by atoms with Crippen molar-refractivity contribution in [3.05, 3.63) is 116 Å². The first-order valence-corrected chi connectivity index (χ1v) is 19.7. The summed E-state index contributed by atoms with van der Waals surface area (Å²) in [6, 6.07) is 24.3. The van der Waals surface area contributed by atoms with E-state index in [1.165, 1.54) is 118 Å². The summed E-state index contributed by atoms with van der Waals surface area (Å²) in [6.45, 7) is 32.4. The fourth-order valence-electron chi connectivity index (χ4n) is 7.93. The highest BCUT2D eigenvalue weighted by Gasteiger charge is 2.30. The quantitative estimate of drug-likeness (QED) is 0.125. The van der Waals surface area contributed by atoms with Gasteiger partial charge in [0.2, 0.25) is 41.5 Å². The standard InChI is InChI=1S/C48H52S2/c1-25-19-26(2)30(6)43(29(25)5)45-35-21-33(47(9,10)11)15-17-39(35)49-41-24-38-42(23-37(41)45)50-40-18-16-34(48(12,13)14)22-36(40)46(38)44-31(7)27(3)20-28(4)32(44)8/h15-24H,1-14H3/q+2. The molecule has 7 aromatic rings. The largest absolute Gasteiger partial charge is 0.240 e. The van der Waals surface area contributed by atoms with Crippen LogP contribution in [-0.2, 0) is 10.8 Å². The van der Waals surface area contributed by atoms with Crippen molar-refractivity contribution in [2.45, 2.75) is 108 Å². The molecule has 0 spiro atoms. The molecule has 0 fully saturated rings. The van der Waals surface area contributed by atoms with Crippen LogP contribution in [0, 0.1) is 55.4 Å². The van der Waals surface area contributed by atoms with Crippen LogP contribution in [0.3, 0.4) is 0 Å². The van der Waals surface area contributed by atoms with Crippen LogP contribution in [0.15, 0.2) is 60.7 Å². The zero-order valence-corrected chi connectivity index (χ0v) is 34.2. The van der Waals surface area contributed by atoms with Crippen LogP contribution in [0.1, 0.15) is 97.2 Å². The molecular formula is C48H52S2+2. The van der Waals surface area contributed by atoms with Crippen LogP contribution in [0.2, 0.25) is 0 Å². The minimum absolute atomic E-state index is 0.0601. The molecule has 0 aliphatic heterocycles. The predicted octanol–water partition coefficient (Wildman–Crippen LogP) is 15.4. The molecule has 2 aromatic heterocycles. The molecule has 50 heavy (non-hydrogen) atoms. The zero-order valence-electron chi connectivity index (χ0n) is 32.6. The molecule has 5 aromatic carbocycles. The van der Waals surface area contributed by atoms with Gasteiger partial charge in [-0.2, -0.15) is 0 Å². The first kappa shape index (κ1) is 34.7. The second-order valence-electron chi connectivity index (χ2n) is 17.0. The van der Waals surface area contributed by atoms with Gasteiger partial charge in [0, 0.05) is 46.2 Å². The van der Waals surface area contributed by atoms with Gasteiger partial charge in [-0.3, -0.25) is 0 Å². The van der Waals surface area contributed by atoms with Gasteiger partial charge in [-0.15, -0.1) is 0 Å². The van der Waals surface area contributed by atoms with Crippen molar-refractivity contribution in [3.63, 3.8) is 0 Å². The summed E-state index contributed by atoms with van der Waals surface area (Å²) < 4.78 is 5.39. The van der Waals surface area contributed by atoms with Gasteiger partial charge >= 0.3 is 0 Å². The summed E-state index contributed by atoms with van der Waals surface area (Å²) in [4.78, 5) is 0. The highest BCUT2D eigenvalue weighted by molar-refractivity contribution is 7.26. The van der Waals surface area contributed by atoms with Gasteiger partial charge < -0.3 is 0 Å². The van der Waals surface area contributed by atoms with Crippen molar-refractivity contribution in [1.29, 1.82) is 0 Å². The Hall–Kier alpha value is -3.72. The van der Waals surface area contributed by atoms with Crippen molar-refractivity contribution in [2.75, 3.05) is 0 Å². The number of hydrogen-bond donors (Lipinski definition) is 0. The Morgan fingerprint density at radius 2 is 0.640 bits per heavy atom. The van der Waals surface area contributed by atoms with Gasteiger partial charge in [-0.05, 0) is 145 Å². The SMILES string of the molecule is Cc1cc(C)c(C)c(-c2c3cc(C(C)(C)C)ccc3[s+]c3cc4c(-c5c(C)c(C)cc(C)c5C)c5cc(C(C)(C)C)ccc5[s+]c4cc23)c1C. The molecule has 0 N–H and O–H groups in total. The fourth-order valence-corrected chi connectivity index (χ4v) is 10.1. The lowest BCUT2D eigenvalue weighted by molar-refractivity contribution is 0.591. The molecule has 0 nitrogen and oxygen atoms in total. The lowest BCUT2D eigenvalue weighted by Crippen LogP contribution is -2.10. The van der Waals surface area contributed by atoms with Crippen LogP contribution in [-0.4, -0.2) is 0 Å². The molecule has 2 heteroatoms. The van der Waals surface area contributed by atoms with Gasteiger partial charge in [0.1, 0.15) is 0 Å². The lowest BCUT2D eigenvalue weighted by Gasteiger charge is -2.21. The van der Waals surface area contributed by atoms with E-state index in [4.69, 9.17) is 0 Å². The Morgan fingerprint density at radius 1 is 0.340 bits per heavy atom. The van der Waals surface area contributed by atoms with E-state index in [2.05, 4.69) is 158 Å². The maximum absolute atomic E-state index is 2.55. The van der Waals surface area contributed by atoms with Gasteiger partial charge in [-0.1, -0.05) is 65.8 Å². The van der Waals surface area contributed by atoms with Gasteiger partial charge in [0.15, 0.2) is 0 Å². The first-order valence-electron chi connectivity index (χ1n) is 18.1. The first-order chi connectivity index (χ1) is 23.4. The zero-order chi connectivity index (χ0) is 36.2. The maximum Gasteiger partial charge on any atom is 0.240 e. The van der Waals surface area contributed by atoms with Gasteiger partial charge in [-0.25, -0.2) is 0 Å². The third-order valence-corrected chi connectivity index (χ3v) is 13.8. The summed E-state index contributed by atoms with van der Waals surface area (Å²) in [5.74, 6) is 0. The highest BCUT2D eigenvalue weighted by atomic mass is 32.1. The lowest BCUT2D eigenvalue weighted by atomic mass is 9.83. The van der Waals surface area contributed by atoms with Crippen molar-refractivity contribution in [2.24, 2.45) is 0 Å². The van der Waals surface area contributed by atoms with Crippen LogP contribution in [0.25, 0.3) is 62.6 Å². The molecule has 0 bridgehead atoms. The molecule has 254 valence electrons. The fraction of sp³-hybridized carbons (Fsp3) is 0.333. The molecule has 0 radical (unpaired) electrons. The van der Waals surface area contributed by atoms with Crippen molar-refractivity contribution in [1.82, 2.24) is 0 Å². The molecule has 0 atom stereocenters. The van der Waals surface area contributed by atoms with Crippen LogP contribution in [0.4, 0.5) is 0 Å². The topological polar surface area (TPSA) is 0 Å². The summed E-state index contributed by atoms with van der Waals surface area (Å²) in [6.07, 6.45) is 0. The van der Waals surface area contributed by atoms with E-state index in [1.807, 2.05) is 22.7 Å². The normalized spacial score (nSPS) is 12.6. The summed E-state index contributed by atoms with van der Waals surface area (Å²) >= 11 is 3.90. The van der Waals surface area contributed by atoms with Gasteiger partial charge in [0.25, 0.3) is 0 Å². The molecule has 0 saturated heterocycles. The monoisotopic (exact) mass is 692 g/mol. The second kappa shape index (κ2) is 11.9. The van der Waals surface area contributed by atoms with E-state index in [1.54, 1.807) is 0 Å². The number of benzene rings is 5. The number of aryl methyl sites for hydroxylation is 4. The summed E-state index contributed by atoms with van der Waals surface area (Å²) in [5, 5.41) is 5.46. The molecule has 7 rings (SSSR count).